The van der Waals surface area contributed by atoms with Crippen molar-refractivity contribution in [3.63, 3.8) is 0 Å². The molecule has 2 aromatic rings. The number of unbranched alkanes of at least 4 members (excludes halogenated alkanes) is 1. The third kappa shape index (κ3) is 15.7. The van der Waals surface area contributed by atoms with Crippen LogP contribution in [0.4, 0.5) is 0 Å². The number of benzene rings is 1. The number of imidazole rings is 1. The molecule has 1 saturated heterocycles. The molecule has 7 unspecified atom stereocenters. The number of aryl methyl sites for hydroxylation is 1. The summed E-state index contributed by atoms with van der Waals surface area (Å²) >= 11 is 0. The molecular formula is C37H59N8O10P. The number of hydrogen-bond donors (Lipinski definition) is 9. The molecular weight excluding hydrogens is 747 g/mol. The molecule has 0 aliphatic carbocycles. The fourth-order valence-electron chi connectivity index (χ4n) is 6.70. The van der Waals surface area contributed by atoms with Gasteiger partial charge in [-0.15, -0.1) is 0 Å². The molecule has 1 aliphatic rings. The Morgan fingerprint density at radius 3 is 2.32 bits per heavy atom. The Kier molecular flexibility index (Phi) is 18.6. The molecule has 19 heteroatoms. The van der Waals surface area contributed by atoms with E-state index < -0.39 is 80.1 Å². The SMILES string of the molecule is CC(=O)N1CC(OCCCCc2ccccc2)CC1C(=O)NC(CC(C)C)C(=O)NC(Cc1cnc[nH]1)C(=O)NC(CO)CNC(C(N)=O)C(C)CP(=O)(O)O. The van der Waals surface area contributed by atoms with Gasteiger partial charge in [-0.25, -0.2) is 4.98 Å². The number of primary amides is 1. The zero-order chi connectivity index (χ0) is 41.4. The highest BCUT2D eigenvalue weighted by Crippen LogP contribution is 2.37. The molecule has 10 N–H and O–H groups in total. The van der Waals surface area contributed by atoms with Gasteiger partial charge in [-0.2, -0.15) is 0 Å². The maximum absolute atomic E-state index is 13.9. The van der Waals surface area contributed by atoms with E-state index >= 15 is 0 Å². The molecule has 0 bridgehead atoms. The van der Waals surface area contributed by atoms with Gasteiger partial charge in [0, 0.05) is 51.4 Å². The Morgan fingerprint density at radius 2 is 1.73 bits per heavy atom. The topological polar surface area (TPSA) is 278 Å². The smallest absolute Gasteiger partial charge is 0.325 e. The summed E-state index contributed by atoms with van der Waals surface area (Å²) in [5.41, 5.74) is 7.21. The Hall–Kier alpha value is -4.19. The van der Waals surface area contributed by atoms with Gasteiger partial charge in [0.25, 0.3) is 0 Å². The molecule has 5 amide bonds. The average molecular weight is 807 g/mol. The molecule has 312 valence electrons. The number of rotatable bonds is 24. The van der Waals surface area contributed by atoms with Crippen molar-refractivity contribution < 1.29 is 48.2 Å². The Bertz CT molecular complexity index is 1610. The van der Waals surface area contributed by atoms with E-state index in [2.05, 4.69) is 43.4 Å². The number of ether oxygens (including phenoxy) is 1. The normalized spacial score (nSPS) is 18.5. The average Bonchev–Trinajstić information content (AvgIpc) is 3.80. The van der Waals surface area contributed by atoms with Crippen LogP contribution in [0, 0.1) is 11.8 Å². The number of H-pyrrole nitrogens is 1. The number of nitrogens with zero attached hydrogens (tertiary/aromatic N) is 2. The highest BCUT2D eigenvalue weighted by atomic mass is 31.2. The van der Waals surface area contributed by atoms with Gasteiger partial charge >= 0.3 is 7.60 Å². The summed E-state index contributed by atoms with van der Waals surface area (Å²) in [6.07, 6.45) is 5.00. The minimum absolute atomic E-state index is 0.0418. The van der Waals surface area contributed by atoms with Crippen molar-refractivity contribution in [2.24, 2.45) is 17.6 Å². The third-order valence-electron chi connectivity index (χ3n) is 9.53. The number of likely N-dealkylation sites (tertiary alicyclic amines) is 1. The van der Waals surface area contributed by atoms with Gasteiger partial charge < -0.3 is 56.5 Å². The standard InChI is InChI=1S/C37H59N8O10P/c1-23(2)14-30(44-37(51)32-16-29(19-45(32)25(4)47)55-13-9-8-12-26-10-6-5-7-11-26)36(50)43-31(15-27-17-39-22-41-27)35(49)42-28(20-46)18-40-33(34(38)48)24(3)21-56(52,53)54/h5-7,10-11,17,22-24,28-33,40,46H,8-9,12-16,18-21H2,1-4H3,(H2,38,48)(H,39,41)(H,42,49)(H,43,50)(H,44,51)(H2,52,53,54). The van der Waals surface area contributed by atoms with Crippen molar-refractivity contribution in [2.45, 2.75) is 103 Å². The Balaban J connectivity index is 1.66. The van der Waals surface area contributed by atoms with E-state index in [1.807, 2.05) is 32.0 Å². The molecule has 2 heterocycles. The number of hydrogen-bond acceptors (Lipinski definition) is 10. The molecule has 0 saturated carbocycles. The van der Waals surface area contributed by atoms with E-state index in [9.17, 15) is 43.4 Å². The number of nitrogens with one attached hydrogen (secondary N) is 5. The highest BCUT2D eigenvalue weighted by Gasteiger charge is 2.40. The molecule has 56 heavy (non-hydrogen) atoms. The molecule has 1 fully saturated rings. The van der Waals surface area contributed by atoms with Crippen molar-refractivity contribution >= 4 is 37.1 Å². The van der Waals surface area contributed by atoms with Crippen LogP contribution >= 0.6 is 7.60 Å². The zero-order valence-corrected chi connectivity index (χ0v) is 33.5. The number of carbonyl (C=O) groups excluding carboxylic acids is 5. The highest BCUT2D eigenvalue weighted by molar-refractivity contribution is 7.51. The second-order valence-corrected chi connectivity index (χ2v) is 16.6. The van der Waals surface area contributed by atoms with Crippen LogP contribution in [-0.4, -0.2) is 128 Å². The summed E-state index contributed by atoms with van der Waals surface area (Å²) in [4.78, 5) is 93.0. The second-order valence-electron chi connectivity index (χ2n) is 14.9. The molecule has 1 aromatic heterocycles. The van der Waals surface area contributed by atoms with Crippen molar-refractivity contribution in [3.8, 4) is 0 Å². The first-order chi connectivity index (χ1) is 26.5. The van der Waals surface area contributed by atoms with E-state index in [-0.39, 0.29) is 50.3 Å². The summed E-state index contributed by atoms with van der Waals surface area (Å²) in [6.45, 7) is 6.48. The minimum Gasteiger partial charge on any atom is -0.394 e. The fourth-order valence-corrected chi connectivity index (χ4v) is 7.67. The quantitative estimate of drug-likeness (QED) is 0.0490. The predicted molar refractivity (Wildman–Crippen MR) is 207 cm³/mol. The van der Waals surface area contributed by atoms with Crippen LogP contribution in [0.1, 0.15) is 64.6 Å². The maximum atomic E-state index is 13.9. The van der Waals surface area contributed by atoms with E-state index in [0.717, 1.165) is 19.3 Å². The summed E-state index contributed by atoms with van der Waals surface area (Å²) < 4.78 is 17.6. The molecule has 0 spiro atoms. The van der Waals surface area contributed by atoms with Crippen molar-refractivity contribution in [1.82, 2.24) is 36.1 Å². The largest absolute Gasteiger partial charge is 0.394 e. The van der Waals surface area contributed by atoms with E-state index in [1.165, 1.54) is 36.8 Å². The molecule has 3 rings (SSSR count). The molecule has 18 nitrogen and oxygen atoms in total. The second kappa shape index (κ2) is 22.5. The van der Waals surface area contributed by atoms with Gasteiger partial charge in [0.15, 0.2) is 0 Å². The molecule has 7 atom stereocenters. The first-order valence-electron chi connectivity index (χ1n) is 19.0. The van der Waals surface area contributed by atoms with Crippen LogP contribution in [0.3, 0.4) is 0 Å². The van der Waals surface area contributed by atoms with Gasteiger partial charge in [0.2, 0.25) is 29.5 Å². The number of aromatic amines is 1. The van der Waals surface area contributed by atoms with Crippen LogP contribution in [0.25, 0.3) is 0 Å². The van der Waals surface area contributed by atoms with Crippen LogP contribution < -0.4 is 27.0 Å². The van der Waals surface area contributed by atoms with Gasteiger partial charge in [-0.1, -0.05) is 51.1 Å². The summed E-state index contributed by atoms with van der Waals surface area (Å²) in [6, 6.07) is 4.79. The van der Waals surface area contributed by atoms with Crippen LogP contribution in [0.15, 0.2) is 42.9 Å². The lowest BCUT2D eigenvalue weighted by atomic mass is 10.0. The number of aromatic nitrogens is 2. The first-order valence-corrected chi connectivity index (χ1v) is 20.8. The number of aliphatic hydroxyl groups is 1. The molecule has 1 aromatic carbocycles. The number of carbonyl (C=O) groups is 5. The lowest BCUT2D eigenvalue weighted by Gasteiger charge is -2.28. The lowest BCUT2D eigenvalue weighted by molar-refractivity contribution is -0.138. The van der Waals surface area contributed by atoms with Gasteiger partial charge in [-0.05, 0) is 43.1 Å². The Labute approximate surface area is 327 Å². The summed E-state index contributed by atoms with van der Waals surface area (Å²) in [5, 5.41) is 21.0. The molecule has 1 aliphatic heterocycles. The van der Waals surface area contributed by atoms with Crippen LogP contribution in [-0.2, 0) is 46.1 Å². The summed E-state index contributed by atoms with van der Waals surface area (Å²) in [5.74, 6) is -3.97. The summed E-state index contributed by atoms with van der Waals surface area (Å²) in [7, 11) is -4.47. The van der Waals surface area contributed by atoms with E-state index in [4.69, 9.17) is 10.5 Å². The number of nitrogens with two attached hydrogens (primary N) is 1. The number of aliphatic hydroxyl groups excluding tert-OH is 1. The first kappa shape index (κ1) is 46.2. The van der Waals surface area contributed by atoms with Gasteiger partial charge in [0.05, 0.1) is 37.3 Å². The van der Waals surface area contributed by atoms with E-state index in [0.29, 0.717) is 12.3 Å². The van der Waals surface area contributed by atoms with Crippen molar-refractivity contribution in [2.75, 3.05) is 32.5 Å². The zero-order valence-electron chi connectivity index (χ0n) is 32.6. The van der Waals surface area contributed by atoms with Gasteiger partial charge in [0.1, 0.15) is 18.1 Å². The van der Waals surface area contributed by atoms with Crippen molar-refractivity contribution in [1.29, 1.82) is 0 Å². The van der Waals surface area contributed by atoms with Gasteiger partial charge in [-0.3, -0.25) is 28.5 Å². The monoisotopic (exact) mass is 806 g/mol. The lowest BCUT2D eigenvalue weighted by Crippen LogP contribution is -2.59. The predicted octanol–water partition coefficient (Wildman–Crippen LogP) is -0.269. The maximum Gasteiger partial charge on any atom is 0.325 e. The number of amides is 5. The Morgan fingerprint density at radius 1 is 1.04 bits per heavy atom. The third-order valence-corrected chi connectivity index (χ3v) is 10.6. The van der Waals surface area contributed by atoms with Crippen molar-refractivity contribution in [3.05, 3.63) is 54.1 Å². The van der Waals surface area contributed by atoms with Crippen LogP contribution in [0.2, 0.25) is 0 Å². The van der Waals surface area contributed by atoms with Crippen LogP contribution in [0.5, 0.6) is 0 Å². The van der Waals surface area contributed by atoms with E-state index in [1.54, 1.807) is 0 Å². The minimum atomic E-state index is -4.47. The fraction of sp³-hybridized carbons (Fsp3) is 0.622. The molecule has 0 radical (unpaired) electrons.